The molecule has 0 amide bonds. The Kier molecular flexibility index (Phi) is 3.29. The Hall–Kier alpha value is -1.51. The van der Waals surface area contributed by atoms with Crippen molar-refractivity contribution in [3.05, 3.63) is 12.2 Å². The van der Waals surface area contributed by atoms with E-state index in [1.54, 1.807) is 0 Å². The molecule has 0 aromatic rings. The van der Waals surface area contributed by atoms with Gasteiger partial charge in [0.05, 0.1) is 0 Å². The fourth-order valence-corrected chi connectivity index (χ4v) is 0.270. The number of carbonyl (C=O) groups is 1. The van der Waals surface area contributed by atoms with Crippen LogP contribution in [0, 0.1) is 11.3 Å². The van der Waals surface area contributed by atoms with Gasteiger partial charge in [-0.15, -0.1) is 0 Å². The van der Waals surface area contributed by atoms with E-state index in [1.165, 1.54) is 6.07 Å². The highest BCUT2D eigenvalue weighted by Gasteiger charge is 2.34. The summed E-state index contributed by atoms with van der Waals surface area (Å²) in [5.41, 5.74) is -0.803. The number of rotatable bonds is 3. The fourth-order valence-electron chi connectivity index (χ4n) is 0.270. The van der Waals surface area contributed by atoms with E-state index in [0.717, 1.165) is 0 Å². The standard InChI is InChI=1S/C6H4F3NO2/c1-4(2-10)5(11)12-6(8,9)3-7/h1,3H2. The van der Waals surface area contributed by atoms with Gasteiger partial charge in [0.15, 0.2) is 6.67 Å². The molecule has 0 aliphatic rings. The van der Waals surface area contributed by atoms with Crippen LogP contribution in [0.5, 0.6) is 0 Å². The Morgan fingerprint density at radius 3 is 2.50 bits per heavy atom. The maximum Gasteiger partial charge on any atom is 0.429 e. The van der Waals surface area contributed by atoms with Crippen LogP contribution < -0.4 is 0 Å². The maximum atomic E-state index is 11.9. The molecule has 0 fully saturated rings. The van der Waals surface area contributed by atoms with Crippen LogP contribution in [0.1, 0.15) is 0 Å². The summed E-state index contributed by atoms with van der Waals surface area (Å²) in [4.78, 5) is 10.4. The molecular formula is C6H4F3NO2. The third-order valence-corrected chi connectivity index (χ3v) is 0.779. The first-order chi connectivity index (χ1) is 5.43. The lowest BCUT2D eigenvalue weighted by atomic mass is 10.3. The van der Waals surface area contributed by atoms with Crippen LogP contribution in [0.2, 0.25) is 0 Å². The molecule has 12 heavy (non-hydrogen) atoms. The third-order valence-electron chi connectivity index (χ3n) is 0.779. The predicted molar refractivity (Wildman–Crippen MR) is 31.8 cm³/mol. The summed E-state index contributed by atoms with van der Waals surface area (Å²) in [6.45, 7) is 0.673. The quantitative estimate of drug-likeness (QED) is 0.371. The molecule has 0 saturated heterocycles. The molecule has 0 unspecified atom stereocenters. The fraction of sp³-hybridized carbons (Fsp3) is 0.333. The monoisotopic (exact) mass is 179 g/mol. The minimum Gasteiger partial charge on any atom is -0.395 e. The molecule has 0 aliphatic heterocycles. The van der Waals surface area contributed by atoms with Gasteiger partial charge in [0, 0.05) is 0 Å². The minimum atomic E-state index is -4.18. The highest BCUT2D eigenvalue weighted by molar-refractivity contribution is 5.92. The van der Waals surface area contributed by atoms with Crippen molar-refractivity contribution in [3.8, 4) is 6.07 Å². The summed E-state index contributed by atoms with van der Waals surface area (Å²) in [5, 5.41) is 7.99. The van der Waals surface area contributed by atoms with Crippen molar-refractivity contribution in [3.63, 3.8) is 0 Å². The third kappa shape index (κ3) is 3.05. The summed E-state index contributed by atoms with van der Waals surface area (Å²) in [7, 11) is 0. The summed E-state index contributed by atoms with van der Waals surface area (Å²) in [6.07, 6.45) is -4.18. The molecule has 0 saturated carbocycles. The number of ether oxygens (including phenoxy) is 1. The Labute approximate surface area is 66.0 Å². The van der Waals surface area contributed by atoms with Crippen LogP contribution in [-0.2, 0) is 9.53 Å². The van der Waals surface area contributed by atoms with Crippen LogP contribution >= 0.6 is 0 Å². The molecule has 0 radical (unpaired) electrons. The van der Waals surface area contributed by atoms with Crippen molar-refractivity contribution >= 4 is 5.97 Å². The van der Waals surface area contributed by atoms with Gasteiger partial charge in [0.25, 0.3) is 0 Å². The van der Waals surface area contributed by atoms with Gasteiger partial charge in [0.2, 0.25) is 0 Å². The molecule has 0 atom stereocenters. The second kappa shape index (κ2) is 3.76. The molecule has 0 aliphatic carbocycles. The number of nitrogens with zero attached hydrogens (tertiary/aromatic N) is 1. The number of halogens is 3. The molecule has 3 nitrogen and oxygen atoms in total. The van der Waals surface area contributed by atoms with E-state index in [9.17, 15) is 18.0 Å². The zero-order chi connectivity index (χ0) is 9.78. The lowest BCUT2D eigenvalue weighted by Gasteiger charge is -2.11. The average molecular weight is 179 g/mol. The second-order valence-corrected chi connectivity index (χ2v) is 1.75. The molecule has 0 rings (SSSR count). The van der Waals surface area contributed by atoms with Gasteiger partial charge in [-0.1, -0.05) is 6.58 Å². The smallest absolute Gasteiger partial charge is 0.395 e. The SMILES string of the molecule is C=C(C#N)C(=O)OC(F)(F)CF. The Morgan fingerprint density at radius 2 is 2.17 bits per heavy atom. The van der Waals surface area contributed by atoms with E-state index in [1.807, 2.05) is 0 Å². The van der Waals surface area contributed by atoms with Crippen molar-refractivity contribution in [2.24, 2.45) is 0 Å². The van der Waals surface area contributed by atoms with Gasteiger partial charge >= 0.3 is 12.1 Å². The van der Waals surface area contributed by atoms with Crippen molar-refractivity contribution in [1.29, 1.82) is 5.26 Å². The van der Waals surface area contributed by atoms with Crippen molar-refractivity contribution in [1.82, 2.24) is 0 Å². The molecule has 0 aromatic carbocycles. The largest absolute Gasteiger partial charge is 0.429 e. The Bertz CT molecular complexity index is 244. The average Bonchev–Trinajstić information content (AvgIpc) is 2.02. The number of esters is 1. The van der Waals surface area contributed by atoms with Gasteiger partial charge in [-0.2, -0.15) is 14.0 Å². The minimum absolute atomic E-state index is 0.803. The van der Waals surface area contributed by atoms with Crippen molar-refractivity contribution in [2.75, 3.05) is 6.67 Å². The van der Waals surface area contributed by atoms with Crippen LogP contribution in [0.4, 0.5) is 13.2 Å². The molecule has 6 heteroatoms. The van der Waals surface area contributed by atoms with Gasteiger partial charge < -0.3 is 4.74 Å². The predicted octanol–water partition coefficient (Wildman–Crippen LogP) is 1.17. The lowest BCUT2D eigenvalue weighted by Crippen LogP contribution is -2.27. The Balaban J connectivity index is 4.21. The van der Waals surface area contributed by atoms with E-state index in [-0.39, 0.29) is 0 Å². The molecule has 0 N–H and O–H groups in total. The van der Waals surface area contributed by atoms with Crippen LogP contribution in [0.3, 0.4) is 0 Å². The zero-order valence-corrected chi connectivity index (χ0v) is 5.81. The van der Waals surface area contributed by atoms with Crippen LogP contribution in [0.15, 0.2) is 12.2 Å². The molecule has 0 bridgehead atoms. The van der Waals surface area contributed by atoms with E-state index >= 15 is 0 Å². The summed E-state index contributed by atoms with van der Waals surface area (Å²) in [6, 6.07) is 1.19. The highest BCUT2D eigenvalue weighted by Crippen LogP contribution is 2.16. The number of carbonyl (C=O) groups excluding carboxylic acids is 1. The molecule has 66 valence electrons. The number of hydrogen-bond donors (Lipinski definition) is 0. The maximum absolute atomic E-state index is 11.9. The second-order valence-electron chi connectivity index (χ2n) is 1.75. The molecule has 0 heterocycles. The topological polar surface area (TPSA) is 50.1 Å². The van der Waals surface area contributed by atoms with Crippen LogP contribution in [-0.4, -0.2) is 18.8 Å². The number of nitriles is 1. The lowest BCUT2D eigenvalue weighted by molar-refractivity contribution is -0.234. The van der Waals surface area contributed by atoms with Crippen molar-refractivity contribution < 1.29 is 22.7 Å². The van der Waals surface area contributed by atoms with Gasteiger partial charge in [-0.05, 0) is 0 Å². The number of hydrogen-bond acceptors (Lipinski definition) is 3. The first-order valence-electron chi connectivity index (χ1n) is 2.69. The summed E-state index contributed by atoms with van der Waals surface area (Å²) in [5.74, 6) is -1.62. The van der Waals surface area contributed by atoms with E-state index in [2.05, 4.69) is 11.3 Å². The zero-order valence-electron chi connectivity index (χ0n) is 5.81. The molecular weight excluding hydrogens is 175 g/mol. The van der Waals surface area contributed by atoms with Gasteiger partial charge in [0.1, 0.15) is 11.6 Å². The first kappa shape index (κ1) is 10.5. The van der Waals surface area contributed by atoms with E-state index < -0.39 is 24.3 Å². The van der Waals surface area contributed by atoms with E-state index in [0.29, 0.717) is 0 Å². The normalized spacial score (nSPS) is 10.2. The molecule has 0 aromatic heterocycles. The molecule has 0 spiro atoms. The van der Waals surface area contributed by atoms with Gasteiger partial charge in [-0.25, -0.2) is 9.18 Å². The van der Waals surface area contributed by atoms with E-state index in [4.69, 9.17) is 5.26 Å². The highest BCUT2D eigenvalue weighted by atomic mass is 19.3. The first-order valence-corrected chi connectivity index (χ1v) is 2.69. The number of alkyl halides is 3. The summed E-state index contributed by atoms with van der Waals surface area (Å²) < 4.78 is 38.5. The summed E-state index contributed by atoms with van der Waals surface area (Å²) >= 11 is 0. The Morgan fingerprint density at radius 1 is 1.67 bits per heavy atom. The van der Waals surface area contributed by atoms with Crippen molar-refractivity contribution in [2.45, 2.75) is 6.11 Å². The van der Waals surface area contributed by atoms with Crippen LogP contribution in [0.25, 0.3) is 0 Å². The van der Waals surface area contributed by atoms with Gasteiger partial charge in [-0.3, -0.25) is 0 Å².